The lowest BCUT2D eigenvalue weighted by Gasteiger charge is -2.17. The van der Waals surface area contributed by atoms with E-state index in [4.69, 9.17) is 0 Å². The fraction of sp³-hybridized carbons (Fsp3) is 0.625. The smallest absolute Gasteiger partial charge is 0.251 e. The summed E-state index contributed by atoms with van der Waals surface area (Å²) in [6, 6.07) is 3.67. The molecule has 0 saturated carbocycles. The van der Waals surface area contributed by atoms with E-state index >= 15 is 0 Å². The molecule has 1 fully saturated rings. The largest absolute Gasteiger partial charge is 0.356 e. The van der Waals surface area contributed by atoms with Gasteiger partial charge in [-0.05, 0) is 37.4 Å². The summed E-state index contributed by atoms with van der Waals surface area (Å²) in [5, 5.41) is 6.20. The highest BCUT2D eigenvalue weighted by atomic mass is 35.5. The number of nitrogens with zero attached hydrogens (tertiary/aromatic N) is 2. The van der Waals surface area contributed by atoms with Crippen LogP contribution in [0.15, 0.2) is 18.3 Å². The molecule has 23 heavy (non-hydrogen) atoms. The zero-order chi connectivity index (χ0) is 15.1. The number of anilines is 1. The topological polar surface area (TPSA) is 57.3 Å². The second kappa shape index (κ2) is 11.5. The summed E-state index contributed by atoms with van der Waals surface area (Å²) in [6.45, 7) is 8.88. The molecule has 0 aromatic carbocycles. The van der Waals surface area contributed by atoms with Crippen LogP contribution in [0.1, 0.15) is 37.0 Å². The van der Waals surface area contributed by atoms with Gasteiger partial charge in [0.1, 0.15) is 5.82 Å². The Morgan fingerprint density at radius 2 is 2.13 bits per heavy atom. The third-order valence-electron chi connectivity index (χ3n) is 3.77. The molecule has 1 unspecified atom stereocenters. The Morgan fingerprint density at radius 1 is 1.35 bits per heavy atom. The van der Waals surface area contributed by atoms with Gasteiger partial charge in [-0.3, -0.25) is 4.79 Å². The average molecular weight is 363 g/mol. The molecule has 0 bridgehead atoms. The lowest BCUT2D eigenvalue weighted by Crippen LogP contribution is -2.32. The van der Waals surface area contributed by atoms with Crippen molar-refractivity contribution in [3.63, 3.8) is 0 Å². The van der Waals surface area contributed by atoms with Crippen LogP contribution in [-0.2, 0) is 0 Å². The van der Waals surface area contributed by atoms with Crippen LogP contribution in [0.5, 0.6) is 0 Å². The highest BCUT2D eigenvalue weighted by Gasteiger charge is 2.20. The van der Waals surface area contributed by atoms with Crippen LogP contribution in [0.4, 0.5) is 5.82 Å². The van der Waals surface area contributed by atoms with Crippen LogP contribution in [0.2, 0.25) is 0 Å². The molecule has 5 nitrogen and oxygen atoms in total. The number of hydrogen-bond donors (Lipinski definition) is 2. The standard InChI is InChI=1S/C16H26N4O.2ClH/c1-3-6-17-8-9-19-16(21)14-4-7-18-15(11-14)20-10-5-13(2)12-20;;/h4,7,11,13,17H,3,5-6,8-10,12H2,1-2H3,(H,19,21);2*1H. The van der Waals surface area contributed by atoms with Crippen molar-refractivity contribution < 1.29 is 4.79 Å². The van der Waals surface area contributed by atoms with Crippen LogP contribution in [0, 0.1) is 5.92 Å². The maximum atomic E-state index is 12.1. The van der Waals surface area contributed by atoms with Gasteiger partial charge in [0.05, 0.1) is 0 Å². The third kappa shape index (κ3) is 6.94. The molecular formula is C16H28Cl2N4O. The normalized spacial score (nSPS) is 16.4. The highest BCUT2D eigenvalue weighted by Crippen LogP contribution is 2.22. The molecule has 2 N–H and O–H groups in total. The predicted octanol–water partition coefficient (Wildman–Crippen LogP) is 2.50. The van der Waals surface area contributed by atoms with Crippen LogP contribution in [-0.4, -0.2) is 43.6 Å². The molecule has 0 spiro atoms. The van der Waals surface area contributed by atoms with E-state index in [0.717, 1.165) is 38.4 Å². The second-order valence-corrected chi connectivity index (χ2v) is 5.75. The van der Waals surface area contributed by atoms with Crippen molar-refractivity contribution in [1.82, 2.24) is 15.6 Å². The van der Waals surface area contributed by atoms with Gasteiger partial charge in [0.15, 0.2) is 0 Å². The van der Waals surface area contributed by atoms with Crippen molar-refractivity contribution in [3.8, 4) is 0 Å². The second-order valence-electron chi connectivity index (χ2n) is 5.75. The molecule has 0 radical (unpaired) electrons. The molecule has 2 heterocycles. The summed E-state index contributed by atoms with van der Waals surface area (Å²) < 4.78 is 0. The maximum Gasteiger partial charge on any atom is 0.251 e. The molecule has 2 rings (SSSR count). The first-order valence-corrected chi connectivity index (χ1v) is 7.90. The van der Waals surface area contributed by atoms with Crippen LogP contribution in [0.25, 0.3) is 0 Å². The van der Waals surface area contributed by atoms with Gasteiger partial charge in [0.2, 0.25) is 0 Å². The Hall–Kier alpha value is -1.04. The molecule has 1 aromatic rings. The number of carbonyl (C=O) groups excluding carboxylic acids is 1. The zero-order valence-corrected chi connectivity index (χ0v) is 15.5. The first-order valence-electron chi connectivity index (χ1n) is 7.90. The van der Waals surface area contributed by atoms with Crippen molar-refractivity contribution >= 4 is 36.5 Å². The monoisotopic (exact) mass is 362 g/mol. The van der Waals surface area contributed by atoms with Gasteiger partial charge >= 0.3 is 0 Å². The van der Waals surface area contributed by atoms with Gasteiger partial charge in [-0.25, -0.2) is 4.98 Å². The minimum atomic E-state index is -0.0239. The fourth-order valence-electron chi connectivity index (χ4n) is 2.54. The van der Waals surface area contributed by atoms with E-state index in [-0.39, 0.29) is 30.7 Å². The molecular weight excluding hydrogens is 335 g/mol. The molecule has 1 aromatic heterocycles. The summed E-state index contributed by atoms with van der Waals surface area (Å²) in [5.74, 6) is 1.59. The van der Waals surface area contributed by atoms with Gasteiger partial charge in [-0.15, -0.1) is 24.8 Å². The van der Waals surface area contributed by atoms with Crippen molar-refractivity contribution in [2.24, 2.45) is 5.92 Å². The number of aromatic nitrogens is 1. The number of amides is 1. The predicted molar refractivity (Wildman–Crippen MR) is 100 cm³/mol. The van der Waals surface area contributed by atoms with Crippen molar-refractivity contribution in [2.45, 2.75) is 26.7 Å². The Bertz CT molecular complexity index is 473. The van der Waals surface area contributed by atoms with Gasteiger partial charge in [-0.2, -0.15) is 0 Å². The molecule has 132 valence electrons. The number of rotatable bonds is 7. The van der Waals surface area contributed by atoms with Crippen molar-refractivity contribution in [1.29, 1.82) is 0 Å². The SMILES string of the molecule is CCCNCCNC(=O)c1ccnc(N2CCC(C)C2)c1.Cl.Cl. The van der Waals surface area contributed by atoms with Crippen LogP contribution >= 0.6 is 24.8 Å². The average Bonchev–Trinajstić information content (AvgIpc) is 2.93. The fourth-order valence-corrected chi connectivity index (χ4v) is 2.54. The molecule has 7 heteroatoms. The maximum absolute atomic E-state index is 12.1. The van der Waals surface area contributed by atoms with Crippen molar-refractivity contribution in [3.05, 3.63) is 23.9 Å². The van der Waals surface area contributed by atoms with Gasteiger partial charge in [0.25, 0.3) is 5.91 Å². The van der Waals surface area contributed by atoms with E-state index in [2.05, 4.69) is 34.4 Å². The van der Waals surface area contributed by atoms with E-state index in [1.165, 1.54) is 6.42 Å². The van der Waals surface area contributed by atoms with E-state index in [1.807, 2.05) is 6.07 Å². The Kier molecular flexibility index (Phi) is 11.0. The number of carbonyl (C=O) groups is 1. The number of halogens is 2. The minimum Gasteiger partial charge on any atom is -0.356 e. The molecule has 1 amide bonds. The summed E-state index contributed by atoms with van der Waals surface area (Å²) in [7, 11) is 0. The van der Waals surface area contributed by atoms with Gasteiger partial charge in [-0.1, -0.05) is 13.8 Å². The first kappa shape index (κ1) is 22.0. The quantitative estimate of drug-likeness (QED) is 0.731. The summed E-state index contributed by atoms with van der Waals surface area (Å²) in [6.07, 6.45) is 4.03. The molecule has 1 aliphatic rings. The molecule has 0 aliphatic carbocycles. The number of hydrogen-bond acceptors (Lipinski definition) is 4. The lowest BCUT2D eigenvalue weighted by molar-refractivity contribution is 0.0954. The Balaban J connectivity index is 0.00000242. The minimum absolute atomic E-state index is 0. The Morgan fingerprint density at radius 3 is 2.78 bits per heavy atom. The van der Waals surface area contributed by atoms with Gasteiger partial charge < -0.3 is 15.5 Å². The van der Waals surface area contributed by atoms with E-state index in [1.54, 1.807) is 12.3 Å². The summed E-state index contributed by atoms with van der Waals surface area (Å²) in [5.41, 5.74) is 0.690. The zero-order valence-electron chi connectivity index (χ0n) is 13.9. The van der Waals surface area contributed by atoms with Crippen molar-refractivity contribution in [2.75, 3.05) is 37.6 Å². The van der Waals surface area contributed by atoms with E-state index in [0.29, 0.717) is 18.0 Å². The lowest BCUT2D eigenvalue weighted by atomic mass is 10.2. The van der Waals surface area contributed by atoms with E-state index < -0.39 is 0 Å². The summed E-state index contributed by atoms with van der Waals surface area (Å²) in [4.78, 5) is 18.8. The number of pyridine rings is 1. The third-order valence-corrected chi connectivity index (χ3v) is 3.77. The van der Waals surface area contributed by atoms with Gasteiger partial charge in [0, 0.05) is 37.9 Å². The summed E-state index contributed by atoms with van der Waals surface area (Å²) >= 11 is 0. The first-order chi connectivity index (χ1) is 10.2. The van der Waals surface area contributed by atoms with E-state index in [9.17, 15) is 4.79 Å². The Labute approximate surface area is 151 Å². The molecule has 1 aliphatic heterocycles. The molecule has 1 saturated heterocycles. The van der Waals surface area contributed by atoms with Crippen LogP contribution in [0.3, 0.4) is 0 Å². The highest BCUT2D eigenvalue weighted by molar-refractivity contribution is 5.94. The van der Waals surface area contributed by atoms with Crippen LogP contribution < -0.4 is 15.5 Å². The number of nitrogens with one attached hydrogen (secondary N) is 2. The molecule has 1 atom stereocenters.